The molecule has 3 nitrogen and oxygen atoms in total. The van der Waals surface area contributed by atoms with Crippen molar-refractivity contribution < 1.29 is 9.90 Å². The average Bonchev–Trinajstić information content (AvgIpc) is 2.24. The first kappa shape index (κ1) is 14.2. The lowest BCUT2D eigenvalue weighted by atomic mass is 10.1. The SMILES string of the molecule is Cc1cc(Br)cc(C)c1NC(=O)CCCCO. The molecule has 0 unspecified atom stereocenters. The van der Waals surface area contributed by atoms with E-state index < -0.39 is 0 Å². The first-order valence-electron chi connectivity index (χ1n) is 5.72. The highest BCUT2D eigenvalue weighted by Crippen LogP contribution is 2.25. The standard InChI is InChI=1S/C13H18BrNO2/c1-9-7-11(14)8-10(2)13(9)15-12(17)5-3-4-6-16/h7-8,16H,3-6H2,1-2H3,(H,15,17). The van der Waals surface area contributed by atoms with E-state index in [1.165, 1.54) is 0 Å². The summed E-state index contributed by atoms with van der Waals surface area (Å²) in [6.07, 6.45) is 1.85. The van der Waals surface area contributed by atoms with Crippen molar-refractivity contribution in [1.29, 1.82) is 0 Å². The number of benzene rings is 1. The molecule has 0 heterocycles. The number of halogens is 1. The van der Waals surface area contributed by atoms with Gasteiger partial charge in [-0.05, 0) is 49.9 Å². The molecule has 1 aromatic carbocycles. The van der Waals surface area contributed by atoms with Crippen LogP contribution >= 0.6 is 15.9 Å². The lowest BCUT2D eigenvalue weighted by Gasteiger charge is -2.12. The normalized spacial score (nSPS) is 10.4. The molecule has 17 heavy (non-hydrogen) atoms. The topological polar surface area (TPSA) is 49.3 Å². The Kier molecular flexibility index (Phi) is 5.65. The van der Waals surface area contributed by atoms with E-state index in [4.69, 9.17) is 5.11 Å². The molecule has 1 amide bonds. The van der Waals surface area contributed by atoms with E-state index in [0.717, 1.165) is 27.7 Å². The Morgan fingerprint density at radius 2 is 1.88 bits per heavy atom. The fourth-order valence-electron chi connectivity index (χ4n) is 1.71. The number of nitrogens with one attached hydrogen (secondary N) is 1. The highest BCUT2D eigenvalue weighted by Gasteiger charge is 2.08. The number of rotatable bonds is 5. The number of amides is 1. The lowest BCUT2D eigenvalue weighted by molar-refractivity contribution is -0.116. The van der Waals surface area contributed by atoms with Crippen LogP contribution in [0.1, 0.15) is 30.4 Å². The quantitative estimate of drug-likeness (QED) is 0.821. The second-order valence-electron chi connectivity index (χ2n) is 4.14. The third-order valence-electron chi connectivity index (χ3n) is 2.57. The Hall–Kier alpha value is -0.870. The molecule has 0 spiro atoms. The molecule has 0 aliphatic carbocycles. The van der Waals surface area contributed by atoms with Crippen molar-refractivity contribution in [2.75, 3.05) is 11.9 Å². The van der Waals surface area contributed by atoms with Crippen LogP contribution in [0.25, 0.3) is 0 Å². The maximum atomic E-state index is 11.7. The number of aliphatic hydroxyl groups excluding tert-OH is 1. The molecule has 0 bridgehead atoms. The highest BCUT2D eigenvalue weighted by atomic mass is 79.9. The summed E-state index contributed by atoms with van der Waals surface area (Å²) in [5.74, 6) is 0.00646. The van der Waals surface area contributed by atoms with Crippen molar-refractivity contribution in [3.05, 3.63) is 27.7 Å². The molecule has 0 radical (unpaired) electrons. The summed E-state index contributed by atoms with van der Waals surface area (Å²) in [5.41, 5.74) is 2.99. The van der Waals surface area contributed by atoms with Gasteiger partial charge in [-0.15, -0.1) is 0 Å². The third-order valence-corrected chi connectivity index (χ3v) is 3.03. The number of aliphatic hydroxyl groups is 1. The van der Waals surface area contributed by atoms with Gasteiger partial charge in [0.2, 0.25) is 5.91 Å². The van der Waals surface area contributed by atoms with Crippen molar-refractivity contribution in [1.82, 2.24) is 0 Å². The Labute approximate surface area is 110 Å². The van der Waals surface area contributed by atoms with Crippen molar-refractivity contribution in [2.24, 2.45) is 0 Å². The van der Waals surface area contributed by atoms with Crippen LogP contribution in [-0.4, -0.2) is 17.6 Å². The fraction of sp³-hybridized carbons (Fsp3) is 0.462. The molecule has 0 aliphatic rings. The van der Waals surface area contributed by atoms with Crippen LogP contribution < -0.4 is 5.32 Å². The van der Waals surface area contributed by atoms with E-state index in [1.807, 2.05) is 26.0 Å². The minimum Gasteiger partial charge on any atom is -0.396 e. The molecule has 1 aromatic rings. The van der Waals surface area contributed by atoms with Crippen LogP contribution in [-0.2, 0) is 4.79 Å². The van der Waals surface area contributed by atoms with E-state index in [1.54, 1.807) is 0 Å². The molecule has 0 fully saturated rings. The van der Waals surface area contributed by atoms with Gasteiger partial charge >= 0.3 is 0 Å². The Bertz CT molecular complexity index is 381. The second kappa shape index (κ2) is 6.77. The van der Waals surface area contributed by atoms with E-state index in [0.29, 0.717) is 12.8 Å². The summed E-state index contributed by atoms with van der Waals surface area (Å²) in [6, 6.07) is 3.96. The maximum Gasteiger partial charge on any atom is 0.224 e. The summed E-state index contributed by atoms with van der Waals surface area (Å²) in [7, 11) is 0. The van der Waals surface area contributed by atoms with Gasteiger partial charge in [-0.2, -0.15) is 0 Å². The average molecular weight is 300 g/mol. The van der Waals surface area contributed by atoms with Crippen molar-refractivity contribution in [3.63, 3.8) is 0 Å². The van der Waals surface area contributed by atoms with E-state index in [2.05, 4.69) is 21.2 Å². The monoisotopic (exact) mass is 299 g/mol. The van der Waals surface area contributed by atoms with Gasteiger partial charge in [0.05, 0.1) is 0 Å². The number of hydrogen-bond donors (Lipinski definition) is 2. The van der Waals surface area contributed by atoms with Crippen molar-refractivity contribution >= 4 is 27.5 Å². The summed E-state index contributed by atoms with van der Waals surface area (Å²) < 4.78 is 1.02. The Balaban J connectivity index is 2.65. The number of unbranched alkanes of at least 4 members (excludes halogenated alkanes) is 1. The number of hydrogen-bond acceptors (Lipinski definition) is 2. The number of carbonyl (C=O) groups excluding carboxylic acids is 1. The predicted octanol–water partition coefficient (Wildman–Crippen LogP) is 3.17. The minimum absolute atomic E-state index is 0.00646. The van der Waals surface area contributed by atoms with Crippen LogP contribution in [0.15, 0.2) is 16.6 Å². The van der Waals surface area contributed by atoms with Gasteiger partial charge in [0.1, 0.15) is 0 Å². The van der Waals surface area contributed by atoms with E-state index >= 15 is 0 Å². The minimum atomic E-state index is 0.00646. The molecule has 1 rings (SSSR count). The number of anilines is 1. The summed E-state index contributed by atoms with van der Waals surface area (Å²) >= 11 is 3.42. The fourth-order valence-corrected chi connectivity index (χ4v) is 2.39. The van der Waals surface area contributed by atoms with E-state index in [9.17, 15) is 4.79 Å². The molecular formula is C13H18BrNO2. The zero-order valence-corrected chi connectivity index (χ0v) is 11.8. The Morgan fingerprint density at radius 3 is 2.41 bits per heavy atom. The zero-order valence-electron chi connectivity index (χ0n) is 10.2. The molecule has 0 aliphatic heterocycles. The maximum absolute atomic E-state index is 11.7. The van der Waals surface area contributed by atoms with Gasteiger partial charge < -0.3 is 10.4 Å². The number of aryl methyl sites for hydroxylation is 2. The van der Waals surface area contributed by atoms with Gasteiger partial charge in [0, 0.05) is 23.2 Å². The largest absolute Gasteiger partial charge is 0.396 e. The van der Waals surface area contributed by atoms with Crippen LogP contribution in [0.4, 0.5) is 5.69 Å². The molecular weight excluding hydrogens is 282 g/mol. The number of carbonyl (C=O) groups is 1. The summed E-state index contributed by atoms with van der Waals surface area (Å²) in [4.78, 5) is 11.7. The molecule has 0 saturated carbocycles. The second-order valence-corrected chi connectivity index (χ2v) is 5.06. The van der Waals surface area contributed by atoms with Crippen molar-refractivity contribution in [2.45, 2.75) is 33.1 Å². The first-order valence-corrected chi connectivity index (χ1v) is 6.51. The van der Waals surface area contributed by atoms with Gasteiger partial charge in [0.25, 0.3) is 0 Å². The van der Waals surface area contributed by atoms with Gasteiger partial charge in [-0.1, -0.05) is 15.9 Å². The van der Waals surface area contributed by atoms with Gasteiger partial charge in [-0.3, -0.25) is 4.79 Å². The zero-order chi connectivity index (χ0) is 12.8. The molecule has 0 aromatic heterocycles. The first-order chi connectivity index (χ1) is 8.04. The Morgan fingerprint density at radius 1 is 1.29 bits per heavy atom. The summed E-state index contributed by atoms with van der Waals surface area (Å²) in [6.45, 7) is 4.09. The van der Waals surface area contributed by atoms with Crippen LogP contribution in [0, 0.1) is 13.8 Å². The van der Waals surface area contributed by atoms with Crippen LogP contribution in [0.5, 0.6) is 0 Å². The van der Waals surface area contributed by atoms with E-state index in [-0.39, 0.29) is 12.5 Å². The molecule has 94 valence electrons. The molecule has 0 atom stereocenters. The summed E-state index contributed by atoms with van der Waals surface area (Å²) in [5, 5.41) is 11.6. The third kappa shape index (κ3) is 4.48. The molecule has 2 N–H and O–H groups in total. The molecule has 4 heteroatoms. The lowest BCUT2D eigenvalue weighted by Crippen LogP contribution is -2.13. The predicted molar refractivity (Wildman–Crippen MR) is 73.2 cm³/mol. The smallest absolute Gasteiger partial charge is 0.224 e. The van der Waals surface area contributed by atoms with Crippen molar-refractivity contribution in [3.8, 4) is 0 Å². The molecule has 0 saturated heterocycles. The van der Waals surface area contributed by atoms with Gasteiger partial charge in [0.15, 0.2) is 0 Å². The highest BCUT2D eigenvalue weighted by molar-refractivity contribution is 9.10. The van der Waals surface area contributed by atoms with Crippen LogP contribution in [0.2, 0.25) is 0 Å². The van der Waals surface area contributed by atoms with Gasteiger partial charge in [-0.25, -0.2) is 0 Å². The van der Waals surface area contributed by atoms with Crippen LogP contribution in [0.3, 0.4) is 0 Å².